The van der Waals surface area contributed by atoms with E-state index in [-0.39, 0.29) is 0 Å². The van der Waals surface area contributed by atoms with Gasteiger partial charge in [-0.1, -0.05) is 6.92 Å². The monoisotopic (exact) mass is 269 g/mol. The number of rotatable bonds is 5. The van der Waals surface area contributed by atoms with Gasteiger partial charge in [0.15, 0.2) is 0 Å². The second-order valence-corrected chi connectivity index (χ2v) is 6.06. The highest BCUT2D eigenvalue weighted by Gasteiger charge is 2.23. The van der Waals surface area contributed by atoms with Crippen LogP contribution >= 0.6 is 0 Å². The summed E-state index contributed by atoms with van der Waals surface area (Å²) in [5.41, 5.74) is 0. The Bertz CT molecular complexity index is 244. The minimum Gasteiger partial charge on any atom is -0.374 e. The zero-order valence-corrected chi connectivity index (χ0v) is 12.7. The quantitative estimate of drug-likeness (QED) is 0.811. The number of likely N-dealkylation sites (N-methyl/N-ethyl adjacent to an activating group) is 1. The SMILES string of the molecule is CCCN1CCCC(N(C)CC2CNCCO2)CC1. The Morgan fingerprint density at radius 2 is 2.21 bits per heavy atom. The Kier molecular flexibility index (Phi) is 6.57. The third-order valence-corrected chi connectivity index (χ3v) is 4.45. The molecule has 19 heavy (non-hydrogen) atoms. The lowest BCUT2D eigenvalue weighted by molar-refractivity contribution is 0.00168. The fraction of sp³-hybridized carbons (Fsp3) is 1.00. The van der Waals surface area contributed by atoms with Crippen molar-refractivity contribution < 1.29 is 4.74 Å². The molecule has 4 heteroatoms. The Morgan fingerprint density at radius 3 is 2.95 bits per heavy atom. The first-order valence-electron chi connectivity index (χ1n) is 8.04. The van der Waals surface area contributed by atoms with E-state index < -0.39 is 0 Å². The van der Waals surface area contributed by atoms with Crippen LogP contribution in [0.2, 0.25) is 0 Å². The van der Waals surface area contributed by atoms with Crippen molar-refractivity contribution in [2.45, 2.75) is 44.8 Å². The molecule has 2 aliphatic heterocycles. The molecule has 2 rings (SSSR count). The number of morpholine rings is 1. The van der Waals surface area contributed by atoms with Crippen molar-refractivity contribution in [1.82, 2.24) is 15.1 Å². The van der Waals surface area contributed by atoms with Gasteiger partial charge in [-0.2, -0.15) is 0 Å². The highest BCUT2D eigenvalue weighted by atomic mass is 16.5. The predicted octanol–water partition coefficient (Wildman–Crippen LogP) is 1.17. The smallest absolute Gasteiger partial charge is 0.0826 e. The fourth-order valence-corrected chi connectivity index (χ4v) is 3.33. The van der Waals surface area contributed by atoms with Crippen LogP contribution in [0.3, 0.4) is 0 Å². The van der Waals surface area contributed by atoms with Gasteiger partial charge in [0.2, 0.25) is 0 Å². The Labute approximate surface area is 118 Å². The molecule has 2 atom stereocenters. The number of nitrogens with zero attached hydrogens (tertiary/aromatic N) is 2. The van der Waals surface area contributed by atoms with Gasteiger partial charge in [-0.05, 0) is 52.4 Å². The van der Waals surface area contributed by atoms with E-state index in [1.54, 1.807) is 0 Å². The molecule has 2 unspecified atom stereocenters. The zero-order valence-electron chi connectivity index (χ0n) is 12.7. The molecule has 0 aromatic carbocycles. The van der Waals surface area contributed by atoms with Gasteiger partial charge in [-0.3, -0.25) is 0 Å². The van der Waals surface area contributed by atoms with Crippen LogP contribution in [0.4, 0.5) is 0 Å². The van der Waals surface area contributed by atoms with E-state index in [9.17, 15) is 0 Å². The van der Waals surface area contributed by atoms with Crippen molar-refractivity contribution in [1.29, 1.82) is 0 Å². The number of hydrogen-bond acceptors (Lipinski definition) is 4. The topological polar surface area (TPSA) is 27.7 Å². The molecular formula is C15H31N3O. The molecule has 0 bridgehead atoms. The molecule has 0 radical (unpaired) electrons. The second kappa shape index (κ2) is 8.20. The summed E-state index contributed by atoms with van der Waals surface area (Å²) in [6, 6.07) is 0.743. The minimum atomic E-state index is 0.383. The molecule has 0 spiro atoms. The van der Waals surface area contributed by atoms with Crippen LogP contribution in [0.1, 0.15) is 32.6 Å². The summed E-state index contributed by atoms with van der Waals surface area (Å²) in [6.07, 6.45) is 5.67. The first kappa shape index (κ1) is 15.2. The van der Waals surface area contributed by atoms with Gasteiger partial charge in [0.05, 0.1) is 12.7 Å². The maximum absolute atomic E-state index is 5.82. The van der Waals surface area contributed by atoms with E-state index in [1.165, 1.54) is 45.3 Å². The lowest BCUT2D eigenvalue weighted by Crippen LogP contribution is -2.47. The number of ether oxygens (including phenoxy) is 1. The van der Waals surface area contributed by atoms with Crippen molar-refractivity contribution in [2.24, 2.45) is 0 Å². The third kappa shape index (κ3) is 5.03. The molecule has 2 saturated heterocycles. The number of nitrogens with one attached hydrogen (secondary N) is 1. The number of hydrogen-bond donors (Lipinski definition) is 1. The number of likely N-dealkylation sites (tertiary alicyclic amines) is 1. The Hall–Kier alpha value is -0.160. The van der Waals surface area contributed by atoms with Gasteiger partial charge in [-0.25, -0.2) is 0 Å². The summed E-state index contributed by atoms with van der Waals surface area (Å²) >= 11 is 0. The van der Waals surface area contributed by atoms with E-state index in [0.29, 0.717) is 6.10 Å². The molecular weight excluding hydrogens is 238 g/mol. The van der Waals surface area contributed by atoms with Gasteiger partial charge >= 0.3 is 0 Å². The molecule has 0 aromatic heterocycles. The van der Waals surface area contributed by atoms with Crippen molar-refractivity contribution >= 4 is 0 Å². The standard InChI is InChI=1S/C15H31N3O/c1-3-8-18-9-4-5-14(6-10-18)17(2)13-15-12-16-7-11-19-15/h14-16H,3-13H2,1-2H3. The van der Waals surface area contributed by atoms with Crippen LogP contribution in [0.15, 0.2) is 0 Å². The van der Waals surface area contributed by atoms with E-state index in [4.69, 9.17) is 4.74 Å². The summed E-state index contributed by atoms with van der Waals surface area (Å²) in [5.74, 6) is 0. The predicted molar refractivity (Wildman–Crippen MR) is 79.6 cm³/mol. The molecule has 2 heterocycles. The lowest BCUT2D eigenvalue weighted by Gasteiger charge is -2.32. The highest BCUT2D eigenvalue weighted by Crippen LogP contribution is 2.16. The summed E-state index contributed by atoms with van der Waals surface area (Å²) in [4.78, 5) is 5.17. The molecule has 0 amide bonds. The summed E-state index contributed by atoms with van der Waals surface area (Å²) in [6.45, 7) is 10.1. The average molecular weight is 269 g/mol. The summed E-state index contributed by atoms with van der Waals surface area (Å²) < 4.78 is 5.82. The van der Waals surface area contributed by atoms with E-state index in [0.717, 1.165) is 32.3 Å². The average Bonchev–Trinajstić information content (AvgIpc) is 2.66. The molecule has 2 fully saturated rings. The van der Waals surface area contributed by atoms with Crippen molar-refractivity contribution in [3.05, 3.63) is 0 Å². The van der Waals surface area contributed by atoms with Gasteiger partial charge in [0.1, 0.15) is 0 Å². The van der Waals surface area contributed by atoms with Crippen LogP contribution in [0.5, 0.6) is 0 Å². The van der Waals surface area contributed by atoms with Crippen LogP contribution in [0.25, 0.3) is 0 Å². The molecule has 1 N–H and O–H groups in total. The first-order valence-corrected chi connectivity index (χ1v) is 8.04. The third-order valence-electron chi connectivity index (χ3n) is 4.45. The van der Waals surface area contributed by atoms with Gasteiger partial charge in [-0.15, -0.1) is 0 Å². The molecule has 0 saturated carbocycles. The molecule has 112 valence electrons. The molecule has 4 nitrogen and oxygen atoms in total. The minimum absolute atomic E-state index is 0.383. The molecule has 0 aromatic rings. The summed E-state index contributed by atoms with van der Waals surface area (Å²) in [7, 11) is 2.28. The Balaban J connectivity index is 1.73. The first-order chi connectivity index (χ1) is 9.29. The van der Waals surface area contributed by atoms with E-state index in [2.05, 4.69) is 29.1 Å². The van der Waals surface area contributed by atoms with Crippen molar-refractivity contribution in [2.75, 3.05) is 52.9 Å². The summed E-state index contributed by atoms with van der Waals surface area (Å²) in [5, 5.41) is 3.42. The van der Waals surface area contributed by atoms with E-state index in [1.807, 2.05) is 0 Å². The van der Waals surface area contributed by atoms with E-state index >= 15 is 0 Å². The maximum Gasteiger partial charge on any atom is 0.0826 e. The molecule has 2 aliphatic rings. The zero-order chi connectivity index (χ0) is 13.5. The Morgan fingerprint density at radius 1 is 1.32 bits per heavy atom. The lowest BCUT2D eigenvalue weighted by atomic mass is 10.1. The van der Waals surface area contributed by atoms with Gasteiger partial charge in [0, 0.05) is 25.7 Å². The van der Waals surface area contributed by atoms with Crippen molar-refractivity contribution in [3.63, 3.8) is 0 Å². The fourth-order valence-electron chi connectivity index (χ4n) is 3.33. The van der Waals surface area contributed by atoms with Gasteiger partial charge < -0.3 is 19.9 Å². The second-order valence-electron chi connectivity index (χ2n) is 6.06. The normalized spacial score (nSPS) is 30.5. The maximum atomic E-state index is 5.82. The van der Waals surface area contributed by atoms with Gasteiger partial charge in [0.25, 0.3) is 0 Å². The largest absolute Gasteiger partial charge is 0.374 e. The van der Waals surface area contributed by atoms with Crippen LogP contribution in [0, 0.1) is 0 Å². The highest BCUT2D eigenvalue weighted by molar-refractivity contribution is 4.79. The van der Waals surface area contributed by atoms with Crippen LogP contribution in [-0.4, -0.2) is 74.9 Å². The molecule has 0 aliphatic carbocycles. The van der Waals surface area contributed by atoms with Crippen molar-refractivity contribution in [3.8, 4) is 0 Å². The van der Waals surface area contributed by atoms with Crippen LogP contribution in [-0.2, 0) is 4.74 Å². The van der Waals surface area contributed by atoms with Crippen LogP contribution < -0.4 is 5.32 Å².